The summed E-state index contributed by atoms with van der Waals surface area (Å²) < 4.78 is 11.2. The van der Waals surface area contributed by atoms with Gasteiger partial charge < -0.3 is 14.8 Å². The van der Waals surface area contributed by atoms with Crippen molar-refractivity contribution in [1.29, 1.82) is 0 Å². The van der Waals surface area contributed by atoms with Crippen LogP contribution in [0, 0.1) is 17.3 Å². The molecule has 1 heterocycles. The zero-order valence-electron chi connectivity index (χ0n) is 15.1. The SMILES string of the molecule is O=C(NCCc1ccc2c(c1)OCCO2)C12CC3CC(CC(Cl)(C3)C1)C2. The smallest absolute Gasteiger partial charge is 0.226 e. The molecule has 4 saturated carbocycles. The van der Waals surface area contributed by atoms with Crippen molar-refractivity contribution in [3.05, 3.63) is 23.8 Å². The average Bonchev–Trinajstić information content (AvgIpc) is 2.59. The highest BCUT2D eigenvalue weighted by Crippen LogP contribution is 2.63. The Hall–Kier alpha value is -1.42. The number of ether oxygens (including phenoxy) is 2. The van der Waals surface area contributed by atoms with Gasteiger partial charge in [0, 0.05) is 11.4 Å². The van der Waals surface area contributed by atoms with E-state index < -0.39 is 0 Å². The van der Waals surface area contributed by atoms with E-state index in [1.54, 1.807) is 0 Å². The van der Waals surface area contributed by atoms with Gasteiger partial charge in [0.2, 0.25) is 5.91 Å². The van der Waals surface area contributed by atoms with Crippen molar-refractivity contribution in [3.8, 4) is 11.5 Å². The standard InChI is InChI=1S/C21H26ClNO3/c22-21-11-15-7-16(12-21)10-20(9-15,13-21)19(24)23-4-3-14-1-2-17-18(8-14)26-6-5-25-17/h1-2,8,15-16H,3-7,9-13H2,(H,23,24). The third-order valence-electron chi connectivity index (χ3n) is 6.78. The molecule has 4 nitrogen and oxygen atoms in total. The average molecular weight is 376 g/mol. The number of fused-ring (bicyclic) bond motifs is 1. The first-order chi connectivity index (χ1) is 12.5. The Kier molecular flexibility index (Phi) is 3.89. The molecule has 2 unspecified atom stereocenters. The van der Waals surface area contributed by atoms with E-state index in [2.05, 4.69) is 11.4 Å². The van der Waals surface area contributed by atoms with E-state index in [4.69, 9.17) is 21.1 Å². The molecular formula is C21H26ClNO3. The van der Waals surface area contributed by atoms with Gasteiger partial charge in [0.15, 0.2) is 11.5 Å². The Morgan fingerprint density at radius 2 is 1.85 bits per heavy atom. The van der Waals surface area contributed by atoms with Gasteiger partial charge >= 0.3 is 0 Å². The van der Waals surface area contributed by atoms with E-state index >= 15 is 0 Å². The number of carbonyl (C=O) groups is 1. The molecule has 5 heteroatoms. The molecule has 140 valence electrons. The van der Waals surface area contributed by atoms with Crippen LogP contribution in [0.3, 0.4) is 0 Å². The van der Waals surface area contributed by atoms with Gasteiger partial charge in [-0.1, -0.05) is 6.07 Å². The summed E-state index contributed by atoms with van der Waals surface area (Å²) in [5.41, 5.74) is 0.951. The number of nitrogens with one attached hydrogen (secondary N) is 1. The number of halogens is 1. The summed E-state index contributed by atoms with van der Waals surface area (Å²) in [5.74, 6) is 3.15. The van der Waals surface area contributed by atoms with Crippen LogP contribution in [0.5, 0.6) is 11.5 Å². The number of benzene rings is 1. The van der Waals surface area contributed by atoms with E-state index in [1.807, 2.05) is 12.1 Å². The van der Waals surface area contributed by atoms with Crippen LogP contribution in [0.15, 0.2) is 18.2 Å². The molecule has 0 spiro atoms. The third-order valence-corrected chi connectivity index (χ3v) is 7.22. The van der Waals surface area contributed by atoms with Gasteiger partial charge in [-0.25, -0.2) is 0 Å². The highest BCUT2D eigenvalue weighted by atomic mass is 35.5. The van der Waals surface area contributed by atoms with Gasteiger partial charge in [-0.3, -0.25) is 4.79 Å². The van der Waals surface area contributed by atoms with Gasteiger partial charge in [0.05, 0.1) is 5.41 Å². The molecule has 0 saturated heterocycles. The molecular weight excluding hydrogens is 350 g/mol. The van der Waals surface area contributed by atoms with Gasteiger partial charge in [0.1, 0.15) is 13.2 Å². The zero-order valence-corrected chi connectivity index (χ0v) is 15.8. The Labute approximate surface area is 159 Å². The minimum atomic E-state index is -0.210. The van der Waals surface area contributed by atoms with Crippen LogP contribution in [0.1, 0.15) is 44.1 Å². The fourth-order valence-electron chi connectivity index (χ4n) is 6.17. The van der Waals surface area contributed by atoms with Crippen LogP contribution in [0.2, 0.25) is 0 Å². The minimum absolute atomic E-state index is 0.114. The molecule has 4 bridgehead atoms. The topological polar surface area (TPSA) is 47.6 Å². The maximum absolute atomic E-state index is 13.0. The van der Waals surface area contributed by atoms with Crippen molar-refractivity contribution >= 4 is 17.5 Å². The van der Waals surface area contributed by atoms with Gasteiger partial charge in [0.25, 0.3) is 0 Å². The molecule has 4 fully saturated rings. The van der Waals surface area contributed by atoms with Gasteiger partial charge in [-0.05, 0) is 74.5 Å². The molecule has 4 aliphatic carbocycles. The second-order valence-electron chi connectivity index (χ2n) is 8.88. The maximum Gasteiger partial charge on any atom is 0.226 e. The first-order valence-electron chi connectivity index (χ1n) is 9.89. The van der Waals surface area contributed by atoms with E-state index in [0.29, 0.717) is 31.6 Å². The number of hydrogen-bond donors (Lipinski definition) is 1. The van der Waals surface area contributed by atoms with Crippen molar-refractivity contribution in [2.75, 3.05) is 19.8 Å². The lowest BCUT2D eigenvalue weighted by Gasteiger charge is -2.59. The number of hydrogen-bond acceptors (Lipinski definition) is 3. The molecule has 1 amide bonds. The lowest BCUT2D eigenvalue weighted by atomic mass is 9.49. The molecule has 6 rings (SSSR count). The molecule has 5 aliphatic rings. The number of carbonyl (C=O) groups excluding carboxylic acids is 1. The largest absolute Gasteiger partial charge is 0.486 e. The Morgan fingerprint density at radius 3 is 2.58 bits per heavy atom. The van der Waals surface area contributed by atoms with Crippen molar-refractivity contribution in [3.63, 3.8) is 0 Å². The van der Waals surface area contributed by atoms with Crippen LogP contribution in [0.25, 0.3) is 0 Å². The van der Waals surface area contributed by atoms with Crippen molar-refractivity contribution < 1.29 is 14.3 Å². The summed E-state index contributed by atoms with van der Waals surface area (Å²) >= 11 is 6.86. The zero-order chi connectivity index (χ0) is 17.8. The first-order valence-corrected chi connectivity index (χ1v) is 10.3. The summed E-state index contributed by atoms with van der Waals surface area (Å²) in [7, 11) is 0. The molecule has 26 heavy (non-hydrogen) atoms. The third kappa shape index (κ3) is 2.87. The quantitative estimate of drug-likeness (QED) is 0.816. The van der Waals surface area contributed by atoms with Crippen molar-refractivity contribution in [2.24, 2.45) is 17.3 Å². The van der Waals surface area contributed by atoms with Gasteiger partial charge in [-0.2, -0.15) is 0 Å². The van der Waals surface area contributed by atoms with E-state index in [0.717, 1.165) is 55.6 Å². The molecule has 0 aromatic heterocycles. The number of amides is 1. The normalized spacial score (nSPS) is 36.8. The molecule has 0 radical (unpaired) electrons. The van der Waals surface area contributed by atoms with Crippen LogP contribution in [-0.4, -0.2) is 30.5 Å². The Balaban J connectivity index is 1.22. The van der Waals surface area contributed by atoms with E-state index in [9.17, 15) is 4.79 Å². The highest BCUT2D eigenvalue weighted by molar-refractivity contribution is 6.24. The molecule has 2 atom stereocenters. The van der Waals surface area contributed by atoms with Crippen LogP contribution < -0.4 is 14.8 Å². The summed E-state index contributed by atoms with van der Waals surface area (Å²) in [6.45, 7) is 1.86. The summed E-state index contributed by atoms with van der Waals surface area (Å²) in [6, 6.07) is 6.04. The molecule has 1 aromatic rings. The lowest BCUT2D eigenvalue weighted by molar-refractivity contribution is -0.144. The summed E-state index contributed by atoms with van der Waals surface area (Å²) in [4.78, 5) is 12.9. The predicted molar refractivity (Wildman–Crippen MR) is 99.8 cm³/mol. The Bertz CT molecular complexity index is 720. The number of alkyl halides is 1. The summed E-state index contributed by atoms with van der Waals surface area (Å²) in [6.07, 6.45) is 7.23. The molecule has 1 N–H and O–H groups in total. The van der Waals surface area contributed by atoms with Crippen molar-refractivity contribution in [1.82, 2.24) is 5.32 Å². The molecule has 1 aliphatic heterocycles. The molecule has 1 aromatic carbocycles. The first kappa shape index (κ1) is 16.7. The van der Waals surface area contributed by atoms with Crippen LogP contribution in [-0.2, 0) is 11.2 Å². The van der Waals surface area contributed by atoms with Gasteiger partial charge in [-0.15, -0.1) is 11.6 Å². The second-order valence-corrected chi connectivity index (χ2v) is 9.68. The summed E-state index contributed by atoms with van der Waals surface area (Å²) in [5, 5.41) is 3.22. The Morgan fingerprint density at radius 1 is 1.12 bits per heavy atom. The maximum atomic E-state index is 13.0. The minimum Gasteiger partial charge on any atom is -0.486 e. The predicted octanol–water partition coefficient (Wildman–Crippen LogP) is 3.69. The van der Waals surface area contributed by atoms with E-state index in [1.165, 1.54) is 6.42 Å². The number of rotatable bonds is 4. The van der Waals surface area contributed by atoms with Crippen molar-refractivity contribution in [2.45, 2.75) is 49.8 Å². The van der Waals surface area contributed by atoms with Crippen LogP contribution in [0.4, 0.5) is 0 Å². The highest BCUT2D eigenvalue weighted by Gasteiger charge is 2.59. The fourth-order valence-corrected chi connectivity index (χ4v) is 6.86. The monoisotopic (exact) mass is 375 g/mol. The fraction of sp³-hybridized carbons (Fsp3) is 0.667. The second kappa shape index (κ2) is 6.05. The lowest BCUT2D eigenvalue weighted by Crippen LogP contribution is -2.58. The van der Waals surface area contributed by atoms with E-state index in [-0.39, 0.29) is 16.2 Å². The van der Waals surface area contributed by atoms with Crippen LogP contribution >= 0.6 is 11.6 Å².